The summed E-state index contributed by atoms with van der Waals surface area (Å²) in [6, 6.07) is 7.75. The van der Waals surface area contributed by atoms with Crippen LogP contribution in [0.5, 0.6) is 0 Å². The van der Waals surface area contributed by atoms with Crippen molar-refractivity contribution in [3.8, 4) is 0 Å². The van der Waals surface area contributed by atoms with Gasteiger partial charge in [-0.15, -0.1) is 0 Å². The zero-order chi connectivity index (χ0) is 14.1. The zero-order valence-corrected chi connectivity index (χ0v) is 11.9. The second-order valence-corrected chi connectivity index (χ2v) is 5.41. The van der Waals surface area contributed by atoms with Gasteiger partial charge in [0.05, 0.1) is 17.8 Å². The van der Waals surface area contributed by atoms with Crippen molar-refractivity contribution in [3.63, 3.8) is 0 Å². The molecule has 4 heteroatoms. The van der Waals surface area contributed by atoms with E-state index < -0.39 is 0 Å². The first-order valence-electron chi connectivity index (χ1n) is 7.01. The minimum absolute atomic E-state index is 0.0179. The minimum atomic E-state index is -0.0179. The third-order valence-electron chi connectivity index (χ3n) is 3.97. The molecule has 3 rings (SSSR count). The predicted molar refractivity (Wildman–Crippen MR) is 77.5 cm³/mol. The summed E-state index contributed by atoms with van der Waals surface area (Å²) in [5.74, 6) is 0.631. The van der Waals surface area contributed by atoms with Crippen molar-refractivity contribution in [1.29, 1.82) is 0 Å². The number of aromatic nitrogens is 2. The number of hydrogen-bond acceptors (Lipinski definition) is 2. The fraction of sp³-hybridized carbons (Fsp3) is 0.375. The molecular weight excluding hydrogens is 250 g/mol. The van der Waals surface area contributed by atoms with Crippen LogP contribution in [0.3, 0.4) is 0 Å². The van der Waals surface area contributed by atoms with Crippen LogP contribution in [0.1, 0.15) is 46.2 Å². The lowest BCUT2D eigenvalue weighted by atomic mass is 10.2. The van der Waals surface area contributed by atoms with E-state index in [-0.39, 0.29) is 5.91 Å². The highest BCUT2D eigenvalue weighted by Crippen LogP contribution is 2.41. The molecule has 0 radical (unpaired) electrons. The first-order chi connectivity index (χ1) is 9.66. The number of hydrogen-bond donors (Lipinski definition) is 1. The molecule has 0 unspecified atom stereocenters. The highest BCUT2D eigenvalue weighted by atomic mass is 16.1. The number of rotatable bonds is 4. The molecule has 0 aliphatic heterocycles. The average molecular weight is 269 g/mol. The molecule has 1 fully saturated rings. The highest BCUT2D eigenvalue weighted by Gasteiger charge is 2.28. The normalized spacial score (nSPS) is 14.3. The van der Waals surface area contributed by atoms with Crippen LogP contribution < -0.4 is 5.32 Å². The van der Waals surface area contributed by atoms with E-state index in [1.807, 2.05) is 38.2 Å². The summed E-state index contributed by atoms with van der Waals surface area (Å²) < 4.78 is 2.15. The SMILES string of the molecule is Cc1c(C(=O)NCc2ccccn2)cc(C2CC2)n1C. The van der Waals surface area contributed by atoms with Crippen LogP contribution in [0.4, 0.5) is 0 Å². The fourth-order valence-electron chi connectivity index (χ4n) is 2.49. The molecular formula is C16H19N3O. The maximum absolute atomic E-state index is 12.3. The Kier molecular flexibility index (Phi) is 3.30. The second kappa shape index (κ2) is 5.12. The number of nitrogens with one attached hydrogen (secondary N) is 1. The summed E-state index contributed by atoms with van der Waals surface area (Å²) in [5, 5.41) is 2.94. The molecule has 1 aliphatic carbocycles. The summed E-state index contributed by atoms with van der Waals surface area (Å²) in [5.41, 5.74) is 3.97. The van der Waals surface area contributed by atoms with Crippen molar-refractivity contribution < 1.29 is 4.79 Å². The number of nitrogens with zero attached hydrogens (tertiary/aromatic N) is 2. The molecule has 1 saturated carbocycles. The average Bonchev–Trinajstić information content (AvgIpc) is 3.26. The molecule has 1 aliphatic rings. The van der Waals surface area contributed by atoms with Crippen molar-refractivity contribution in [2.24, 2.45) is 7.05 Å². The third-order valence-corrected chi connectivity index (χ3v) is 3.97. The van der Waals surface area contributed by atoms with Crippen molar-refractivity contribution in [2.45, 2.75) is 32.2 Å². The first-order valence-corrected chi connectivity index (χ1v) is 7.01. The molecule has 0 spiro atoms. The summed E-state index contributed by atoms with van der Waals surface area (Å²) in [6.07, 6.45) is 4.22. The fourth-order valence-corrected chi connectivity index (χ4v) is 2.49. The van der Waals surface area contributed by atoms with Crippen molar-refractivity contribution in [3.05, 3.63) is 53.1 Å². The molecule has 2 aromatic heterocycles. The van der Waals surface area contributed by atoms with Crippen LogP contribution in [0.25, 0.3) is 0 Å². The number of carbonyl (C=O) groups is 1. The highest BCUT2D eigenvalue weighted by molar-refractivity contribution is 5.95. The van der Waals surface area contributed by atoms with Crippen LogP contribution in [0, 0.1) is 6.92 Å². The van der Waals surface area contributed by atoms with E-state index in [0.29, 0.717) is 12.5 Å². The van der Waals surface area contributed by atoms with E-state index in [1.54, 1.807) is 6.20 Å². The van der Waals surface area contributed by atoms with Crippen LogP contribution >= 0.6 is 0 Å². The van der Waals surface area contributed by atoms with Gasteiger partial charge in [-0.2, -0.15) is 0 Å². The molecule has 1 N–H and O–H groups in total. The number of carbonyl (C=O) groups excluding carboxylic acids is 1. The van der Waals surface area contributed by atoms with E-state index in [4.69, 9.17) is 0 Å². The monoisotopic (exact) mass is 269 g/mol. The molecule has 1 amide bonds. The van der Waals surface area contributed by atoms with Gasteiger partial charge in [-0.1, -0.05) is 6.07 Å². The van der Waals surface area contributed by atoms with E-state index in [0.717, 1.165) is 17.0 Å². The summed E-state index contributed by atoms with van der Waals surface area (Å²) in [7, 11) is 2.04. The Labute approximate surface area is 118 Å². The molecule has 2 heterocycles. The lowest BCUT2D eigenvalue weighted by Gasteiger charge is -2.05. The Balaban J connectivity index is 1.72. The van der Waals surface area contributed by atoms with E-state index in [9.17, 15) is 4.79 Å². The Morgan fingerprint density at radius 3 is 2.90 bits per heavy atom. The summed E-state index contributed by atoms with van der Waals surface area (Å²) in [6.45, 7) is 2.47. The standard InChI is InChI=1S/C16H19N3O/c1-11-14(9-15(19(11)2)12-6-7-12)16(20)18-10-13-5-3-4-8-17-13/h3-5,8-9,12H,6-7,10H2,1-2H3,(H,18,20). The zero-order valence-electron chi connectivity index (χ0n) is 11.9. The van der Waals surface area contributed by atoms with Crippen molar-refractivity contribution in [1.82, 2.24) is 14.9 Å². The van der Waals surface area contributed by atoms with Gasteiger partial charge in [0.25, 0.3) is 5.91 Å². The smallest absolute Gasteiger partial charge is 0.253 e. The second-order valence-electron chi connectivity index (χ2n) is 5.41. The predicted octanol–water partition coefficient (Wildman–Crippen LogP) is 2.54. The van der Waals surface area contributed by atoms with Crippen molar-refractivity contribution in [2.75, 3.05) is 0 Å². The van der Waals surface area contributed by atoms with Crippen LogP contribution in [-0.2, 0) is 13.6 Å². The topological polar surface area (TPSA) is 46.9 Å². The molecule has 0 aromatic carbocycles. The Bertz CT molecular complexity index is 627. The third kappa shape index (κ3) is 2.46. The lowest BCUT2D eigenvalue weighted by Crippen LogP contribution is -2.23. The molecule has 0 atom stereocenters. The minimum Gasteiger partial charge on any atom is -0.351 e. The summed E-state index contributed by atoms with van der Waals surface area (Å²) >= 11 is 0. The largest absolute Gasteiger partial charge is 0.351 e. The van der Waals surface area contributed by atoms with Gasteiger partial charge in [-0.3, -0.25) is 9.78 Å². The quantitative estimate of drug-likeness (QED) is 0.927. The molecule has 0 bridgehead atoms. The van der Waals surface area contributed by atoms with Gasteiger partial charge in [-0.25, -0.2) is 0 Å². The van der Waals surface area contributed by atoms with Gasteiger partial charge in [0.1, 0.15) is 0 Å². The Morgan fingerprint density at radius 1 is 1.45 bits per heavy atom. The van der Waals surface area contributed by atoms with Crippen LogP contribution in [-0.4, -0.2) is 15.5 Å². The van der Waals surface area contributed by atoms with E-state index in [2.05, 4.69) is 14.9 Å². The molecule has 2 aromatic rings. The Morgan fingerprint density at radius 2 is 2.25 bits per heavy atom. The van der Waals surface area contributed by atoms with Crippen LogP contribution in [0.2, 0.25) is 0 Å². The van der Waals surface area contributed by atoms with Gasteiger partial charge in [0, 0.05) is 24.6 Å². The van der Waals surface area contributed by atoms with Gasteiger partial charge in [0.15, 0.2) is 0 Å². The first kappa shape index (κ1) is 12.9. The van der Waals surface area contributed by atoms with Crippen LogP contribution in [0.15, 0.2) is 30.5 Å². The van der Waals surface area contributed by atoms with Gasteiger partial charge in [0.2, 0.25) is 0 Å². The molecule has 0 saturated heterocycles. The molecule has 4 nitrogen and oxygen atoms in total. The molecule has 20 heavy (non-hydrogen) atoms. The maximum Gasteiger partial charge on any atom is 0.253 e. The summed E-state index contributed by atoms with van der Waals surface area (Å²) in [4.78, 5) is 16.5. The lowest BCUT2D eigenvalue weighted by molar-refractivity contribution is 0.0949. The van der Waals surface area contributed by atoms with E-state index >= 15 is 0 Å². The van der Waals surface area contributed by atoms with Gasteiger partial charge < -0.3 is 9.88 Å². The maximum atomic E-state index is 12.3. The van der Waals surface area contributed by atoms with Gasteiger partial charge in [-0.05, 0) is 43.9 Å². The van der Waals surface area contributed by atoms with E-state index in [1.165, 1.54) is 18.5 Å². The molecule has 104 valence electrons. The van der Waals surface area contributed by atoms with Crippen molar-refractivity contribution >= 4 is 5.91 Å². The number of amides is 1. The Hall–Kier alpha value is -2.10. The number of pyridine rings is 1. The van der Waals surface area contributed by atoms with Gasteiger partial charge >= 0.3 is 0 Å².